The maximum atomic E-state index is 12.4. The second-order valence-corrected chi connectivity index (χ2v) is 8.66. The molecule has 6 heteroatoms. The lowest BCUT2D eigenvalue weighted by molar-refractivity contribution is 0.0954. The minimum Gasteiger partial charge on any atom is -0.491 e. The molecule has 0 aliphatic heterocycles. The predicted molar refractivity (Wildman–Crippen MR) is 133 cm³/mol. The Kier molecular flexibility index (Phi) is 7.30. The number of hydrogen-bond acceptors (Lipinski definition) is 3. The van der Waals surface area contributed by atoms with Crippen LogP contribution in [0.15, 0.2) is 72.8 Å². The van der Waals surface area contributed by atoms with E-state index >= 15 is 0 Å². The lowest BCUT2D eigenvalue weighted by Gasteiger charge is -2.15. The molecule has 0 spiro atoms. The highest BCUT2D eigenvalue weighted by atomic mass is 35.5. The maximum absolute atomic E-state index is 12.4. The third kappa shape index (κ3) is 5.55. The molecule has 0 unspecified atom stereocenters. The summed E-state index contributed by atoms with van der Waals surface area (Å²) in [6.45, 7) is 6.04. The first-order chi connectivity index (χ1) is 16.0. The van der Waals surface area contributed by atoms with E-state index in [1.165, 1.54) is 5.56 Å². The zero-order valence-corrected chi connectivity index (χ0v) is 19.7. The Morgan fingerprint density at radius 1 is 1.03 bits per heavy atom. The summed E-state index contributed by atoms with van der Waals surface area (Å²) < 4.78 is 8.34. The number of halogens is 1. The summed E-state index contributed by atoms with van der Waals surface area (Å²) in [5.74, 6) is 2.13. The van der Waals surface area contributed by atoms with E-state index in [0.717, 1.165) is 22.6 Å². The number of para-hydroxylation sites is 3. The molecule has 0 bridgehead atoms. The van der Waals surface area contributed by atoms with E-state index in [4.69, 9.17) is 21.3 Å². The van der Waals surface area contributed by atoms with Gasteiger partial charge in [0.05, 0.1) is 17.6 Å². The minimum absolute atomic E-state index is 0.122. The van der Waals surface area contributed by atoms with Gasteiger partial charge in [-0.25, -0.2) is 4.98 Å². The number of aromatic nitrogens is 2. The second-order valence-electron chi connectivity index (χ2n) is 8.22. The van der Waals surface area contributed by atoms with Crippen molar-refractivity contribution in [2.24, 2.45) is 0 Å². The molecule has 1 aromatic heterocycles. The fourth-order valence-electron chi connectivity index (χ4n) is 3.89. The average Bonchev–Trinajstić information content (AvgIpc) is 3.17. The number of benzene rings is 3. The fourth-order valence-corrected chi connectivity index (χ4v) is 4.02. The van der Waals surface area contributed by atoms with Gasteiger partial charge < -0.3 is 14.6 Å². The Hall–Kier alpha value is -3.31. The molecular weight excluding hydrogens is 434 g/mol. The van der Waals surface area contributed by atoms with Gasteiger partial charge in [-0.2, -0.15) is 0 Å². The molecule has 0 saturated carbocycles. The first-order valence-corrected chi connectivity index (χ1v) is 11.6. The van der Waals surface area contributed by atoms with Crippen molar-refractivity contribution in [3.8, 4) is 5.75 Å². The highest BCUT2D eigenvalue weighted by Crippen LogP contribution is 2.26. The molecule has 3 aromatic carbocycles. The molecule has 33 heavy (non-hydrogen) atoms. The zero-order valence-electron chi connectivity index (χ0n) is 18.9. The topological polar surface area (TPSA) is 56.1 Å². The Labute approximate surface area is 199 Å². The Morgan fingerprint density at radius 3 is 2.55 bits per heavy atom. The molecule has 0 aliphatic carbocycles. The van der Waals surface area contributed by atoms with Crippen LogP contribution in [0.2, 0.25) is 5.02 Å². The number of fused-ring (bicyclic) bond motifs is 1. The molecular formula is C27H28ClN3O2. The monoisotopic (exact) mass is 461 g/mol. The van der Waals surface area contributed by atoms with E-state index in [1.807, 2.05) is 36.4 Å². The van der Waals surface area contributed by atoms with Crippen LogP contribution in [0, 0.1) is 0 Å². The standard InChI is InChI=1S/C27H28ClN3O2/c1-19(2)22-7-3-6-10-25(22)33-18-17-31-24-9-5-4-8-23(24)30-26(31)15-16-29-27(32)20-11-13-21(28)14-12-20/h3-14,19H,15-18H2,1-2H3,(H,29,32). The van der Waals surface area contributed by atoms with Crippen molar-refractivity contribution >= 4 is 28.5 Å². The molecule has 1 amide bonds. The molecule has 1 heterocycles. The van der Waals surface area contributed by atoms with E-state index < -0.39 is 0 Å². The van der Waals surface area contributed by atoms with Crippen molar-refractivity contribution in [1.82, 2.24) is 14.9 Å². The quantitative estimate of drug-likeness (QED) is 0.339. The third-order valence-corrected chi connectivity index (χ3v) is 5.84. The lowest BCUT2D eigenvalue weighted by Crippen LogP contribution is -2.26. The number of carbonyl (C=O) groups is 1. The highest BCUT2D eigenvalue weighted by Gasteiger charge is 2.13. The SMILES string of the molecule is CC(C)c1ccccc1OCCn1c(CCNC(=O)c2ccc(Cl)cc2)nc2ccccc21. The van der Waals surface area contributed by atoms with Gasteiger partial charge in [-0.15, -0.1) is 0 Å². The summed E-state index contributed by atoms with van der Waals surface area (Å²) in [5.41, 5.74) is 3.81. The van der Waals surface area contributed by atoms with Crippen LogP contribution in [0.5, 0.6) is 5.75 Å². The number of carbonyl (C=O) groups excluding carboxylic acids is 1. The number of nitrogens with one attached hydrogen (secondary N) is 1. The Morgan fingerprint density at radius 2 is 1.76 bits per heavy atom. The molecule has 5 nitrogen and oxygen atoms in total. The number of nitrogens with zero attached hydrogens (tertiary/aromatic N) is 2. The van der Waals surface area contributed by atoms with E-state index in [2.05, 4.69) is 35.9 Å². The molecule has 170 valence electrons. The van der Waals surface area contributed by atoms with Gasteiger partial charge in [0.15, 0.2) is 0 Å². The van der Waals surface area contributed by atoms with Gasteiger partial charge in [0.1, 0.15) is 18.2 Å². The first kappa shape index (κ1) is 22.9. The smallest absolute Gasteiger partial charge is 0.251 e. The normalized spacial score (nSPS) is 11.2. The summed E-state index contributed by atoms with van der Waals surface area (Å²) in [7, 11) is 0. The van der Waals surface area contributed by atoms with Gasteiger partial charge in [-0.1, -0.05) is 55.8 Å². The van der Waals surface area contributed by atoms with Crippen molar-refractivity contribution in [3.05, 3.63) is 94.8 Å². The number of imidazole rings is 1. The van der Waals surface area contributed by atoms with Crippen LogP contribution < -0.4 is 10.1 Å². The van der Waals surface area contributed by atoms with E-state index in [-0.39, 0.29) is 5.91 Å². The van der Waals surface area contributed by atoms with Crippen LogP contribution in [0.25, 0.3) is 11.0 Å². The van der Waals surface area contributed by atoms with Gasteiger partial charge in [0.25, 0.3) is 5.91 Å². The van der Waals surface area contributed by atoms with Gasteiger partial charge in [-0.3, -0.25) is 4.79 Å². The second kappa shape index (κ2) is 10.5. The molecule has 0 fully saturated rings. The first-order valence-electron chi connectivity index (χ1n) is 11.2. The van der Waals surface area contributed by atoms with E-state index in [1.54, 1.807) is 24.3 Å². The lowest BCUT2D eigenvalue weighted by atomic mass is 10.0. The van der Waals surface area contributed by atoms with Crippen LogP contribution in [0.1, 0.15) is 41.5 Å². The molecule has 0 saturated heterocycles. The molecule has 4 rings (SSSR count). The van der Waals surface area contributed by atoms with Crippen LogP contribution in [-0.2, 0) is 13.0 Å². The predicted octanol–water partition coefficient (Wildman–Crippen LogP) is 5.86. The maximum Gasteiger partial charge on any atom is 0.251 e. The number of amides is 1. The highest BCUT2D eigenvalue weighted by molar-refractivity contribution is 6.30. The number of hydrogen-bond donors (Lipinski definition) is 1. The summed E-state index contributed by atoms with van der Waals surface area (Å²) in [6, 6.07) is 23.1. The fraction of sp³-hybridized carbons (Fsp3) is 0.259. The van der Waals surface area contributed by atoms with Gasteiger partial charge >= 0.3 is 0 Å². The van der Waals surface area contributed by atoms with E-state index in [0.29, 0.717) is 42.6 Å². The van der Waals surface area contributed by atoms with Crippen LogP contribution in [0.4, 0.5) is 0 Å². The third-order valence-electron chi connectivity index (χ3n) is 5.59. The zero-order chi connectivity index (χ0) is 23.2. The summed E-state index contributed by atoms with van der Waals surface area (Å²) in [4.78, 5) is 17.2. The molecule has 0 atom stereocenters. The molecule has 1 N–H and O–H groups in total. The Bertz CT molecular complexity index is 1230. The van der Waals surface area contributed by atoms with E-state index in [9.17, 15) is 4.79 Å². The largest absolute Gasteiger partial charge is 0.491 e. The van der Waals surface area contributed by atoms with Crippen molar-refractivity contribution < 1.29 is 9.53 Å². The van der Waals surface area contributed by atoms with Crippen LogP contribution in [-0.4, -0.2) is 28.6 Å². The van der Waals surface area contributed by atoms with Gasteiger partial charge in [0.2, 0.25) is 0 Å². The molecule has 0 radical (unpaired) electrons. The molecule has 0 aliphatic rings. The summed E-state index contributed by atoms with van der Waals surface area (Å²) >= 11 is 5.91. The molecule has 4 aromatic rings. The van der Waals surface area contributed by atoms with Crippen molar-refractivity contribution in [1.29, 1.82) is 0 Å². The summed E-state index contributed by atoms with van der Waals surface area (Å²) in [6.07, 6.45) is 0.622. The van der Waals surface area contributed by atoms with Gasteiger partial charge in [-0.05, 0) is 53.9 Å². The number of rotatable bonds is 9. The van der Waals surface area contributed by atoms with Crippen molar-refractivity contribution in [3.63, 3.8) is 0 Å². The summed E-state index contributed by atoms with van der Waals surface area (Å²) in [5, 5.41) is 3.58. The van der Waals surface area contributed by atoms with Crippen LogP contribution >= 0.6 is 11.6 Å². The Balaban J connectivity index is 1.43. The number of ether oxygens (including phenoxy) is 1. The van der Waals surface area contributed by atoms with Crippen molar-refractivity contribution in [2.75, 3.05) is 13.2 Å². The average molecular weight is 462 g/mol. The minimum atomic E-state index is -0.122. The van der Waals surface area contributed by atoms with Gasteiger partial charge in [0, 0.05) is 23.6 Å². The van der Waals surface area contributed by atoms with Crippen LogP contribution in [0.3, 0.4) is 0 Å². The van der Waals surface area contributed by atoms with Crippen molar-refractivity contribution in [2.45, 2.75) is 32.7 Å².